The first-order chi connectivity index (χ1) is 14.8. The van der Waals surface area contributed by atoms with Crippen LogP contribution in [0.4, 0.5) is 0 Å². The first kappa shape index (κ1) is 25.3. The summed E-state index contributed by atoms with van der Waals surface area (Å²) in [6.45, 7) is 9.41. The number of hydrogen-bond acceptors (Lipinski definition) is 5. The zero-order chi connectivity index (χ0) is 22.9. The van der Waals surface area contributed by atoms with E-state index in [0.717, 1.165) is 6.42 Å². The molecule has 2 rings (SSSR count). The van der Waals surface area contributed by atoms with Gasteiger partial charge in [0.15, 0.2) is 0 Å². The maximum Gasteiger partial charge on any atom is 0.253 e. The van der Waals surface area contributed by atoms with Crippen LogP contribution in [0.3, 0.4) is 0 Å². The number of carbonyl (C=O) groups is 2. The summed E-state index contributed by atoms with van der Waals surface area (Å²) in [7, 11) is -3.65. The fourth-order valence-electron chi connectivity index (χ4n) is 3.64. The smallest absolute Gasteiger partial charge is 0.253 e. The fourth-order valence-corrected chi connectivity index (χ4v) is 5.11. The number of ether oxygens (including phenoxy) is 1. The predicted octanol–water partition coefficient (Wildman–Crippen LogP) is 2.11. The van der Waals surface area contributed by atoms with E-state index in [1.807, 2.05) is 20.8 Å². The van der Waals surface area contributed by atoms with Gasteiger partial charge in [0.1, 0.15) is 0 Å². The molecule has 0 saturated carbocycles. The third-order valence-corrected chi connectivity index (χ3v) is 7.50. The number of nitrogens with one attached hydrogen (secondary N) is 1. The van der Waals surface area contributed by atoms with Gasteiger partial charge in [0.2, 0.25) is 15.9 Å². The number of carbonyl (C=O) groups excluding carboxylic acids is 2. The van der Waals surface area contributed by atoms with Crippen LogP contribution in [-0.2, 0) is 19.6 Å². The lowest BCUT2D eigenvalue weighted by Gasteiger charge is -2.30. The predicted molar refractivity (Wildman–Crippen MR) is 119 cm³/mol. The maximum absolute atomic E-state index is 13.0. The van der Waals surface area contributed by atoms with Crippen molar-refractivity contribution in [1.29, 1.82) is 0 Å². The van der Waals surface area contributed by atoms with Crippen molar-refractivity contribution < 1.29 is 22.7 Å². The number of benzene rings is 1. The first-order valence-corrected chi connectivity index (χ1v) is 12.5. The van der Waals surface area contributed by atoms with Gasteiger partial charge < -0.3 is 15.0 Å². The molecule has 1 N–H and O–H groups in total. The number of amides is 2. The van der Waals surface area contributed by atoms with Crippen LogP contribution >= 0.6 is 0 Å². The van der Waals surface area contributed by atoms with Crippen molar-refractivity contribution in [3.63, 3.8) is 0 Å². The molecule has 2 amide bonds. The van der Waals surface area contributed by atoms with Crippen molar-refractivity contribution in [2.45, 2.75) is 44.9 Å². The van der Waals surface area contributed by atoms with Gasteiger partial charge in [-0.1, -0.05) is 0 Å². The standard InChI is InChI=1S/C22H35N3O5S/c1-4-24(5-2)22(27)19-8-10-20(11-9-19)31(28,29)25-15-12-18(13-16-25)21(26)23-14-7-17-30-6-3/h8-11,18H,4-7,12-17H2,1-3H3,(H,23,26). The van der Waals surface area contributed by atoms with Crippen LogP contribution in [0.2, 0.25) is 0 Å². The third-order valence-electron chi connectivity index (χ3n) is 5.58. The molecule has 1 heterocycles. The minimum atomic E-state index is -3.65. The number of nitrogens with zero attached hydrogens (tertiary/aromatic N) is 2. The van der Waals surface area contributed by atoms with E-state index in [2.05, 4.69) is 5.32 Å². The Hall–Kier alpha value is -1.97. The molecule has 1 aliphatic heterocycles. The molecule has 1 saturated heterocycles. The largest absolute Gasteiger partial charge is 0.382 e. The molecule has 0 unspecified atom stereocenters. The molecular weight excluding hydrogens is 418 g/mol. The molecule has 0 aliphatic carbocycles. The summed E-state index contributed by atoms with van der Waals surface area (Å²) in [6.07, 6.45) is 1.75. The zero-order valence-electron chi connectivity index (χ0n) is 18.8. The molecule has 1 aromatic rings. The second-order valence-corrected chi connectivity index (χ2v) is 9.46. The normalized spacial score (nSPS) is 15.6. The Morgan fingerprint density at radius 1 is 1.10 bits per heavy atom. The minimum Gasteiger partial charge on any atom is -0.382 e. The maximum atomic E-state index is 13.0. The van der Waals surface area contributed by atoms with E-state index < -0.39 is 10.0 Å². The third kappa shape index (κ3) is 6.75. The molecule has 0 aromatic heterocycles. The Morgan fingerprint density at radius 2 is 1.71 bits per heavy atom. The molecule has 0 radical (unpaired) electrons. The van der Waals surface area contributed by atoms with Gasteiger partial charge in [0, 0.05) is 57.4 Å². The van der Waals surface area contributed by atoms with E-state index in [4.69, 9.17) is 4.74 Å². The molecule has 1 aliphatic rings. The summed E-state index contributed by atoms with van der Waals surface area (Å²) in [5, 5.41) is 2.91. The van der Waals surface area contributed by atoms with E-state index in [0.29, 0.717) is 64.3 Å². The lowest BCUT2D eigenvalue weighted by Crippen LogP contribution is -2.43. The van der Waals surface area contributed by atoms with Gasteiger partial charge in [-0.3, -0.25) is 9.59 Å². The molecular formula is C22H35N3O5S. The molecule has 9 heteroatoms. The van der Waals surface area contributed by atoms with Crippen molar-refractivity contribution in [2.75, 3.05) is 45.9 Å². The van der Waals surface area contributed by atoms with Crippen molar-refractivity contribution in [1.82, 2.24) is 14.5 Å². The second-order valence-electron chi connectivity index (χ2n) is 7.52. The highest BCUT2D eigenvalue weighted by molar-refractivity contribution is 7.89. The summed E-state index contributed by atoms with van der Waals surface area (Å²) < 4.78 is 32.6. The van der Waals surface area contributed by atoms with Gasteiger partial charge in [-0.15, -0.1) is 0 Å². The Balaban J connectivity index is 1.91. The second kappa shape index (κ2) is 12.2. The lowest BCUT2D eigenvalue weighted by molar-refractivity contribution is -0.126. The van der Waals surface area contributed by atoms with Gasteiger partial charge in [-0.05, 0) is 64.3 Å². The van der Waals surface area contributed by atoms with Crippen molar-refractivity contribution in [3.05, 3.63) is 29.8 Å². The quantitative estimate of drug-likeness (QED) is 0.518. The summed E-state index contributed by atoms with van der Waals surface area (Å²) in [5.74, 6) is -0.303. The summed E-state index contributed by atoms with van der Waals surface area (Å²) in [4.78, 5) is 26.6. The van der Waals surface area contributed by atoms with Gasteiger partial charge in [-0.2, -0.15) is 4.31 Å². The van der Waals surface area contributed by atoms with E-state index in [-0.39, 0.29) is 22.6 Å². The van der Waals surface area contributed by atoms with Gasteiger partial charge in [0.05, 0.1) is 4.90 Å². The molecule has 0 atom stereocenters. The Morgan fingerprint density at radius 3 is 2.26 bits per heavy atom. The van der Waals surface area contributed by atoms with Crippen LogP contribution in [0, 0.1) is 5.92 Å². The average molecular weight is 454 g/mol. The van der Waals surface area contributed by atoms with Gasteiger partial charge in [-0.25, -0.2) is 8.42 Å². The van der Waals surface area contributed by atoms with Crippen molar-refractivity contribution in [3.8, 4) is 0 Å². The molecule has 31 heavy (non-hydrogen) atoms. The van der Waals surface area contributed by atoms with Crippen LogP contribution in [-0.4, -0.2) is 75.4 Å². The van der Waals surface area contributed by atoms with Crippen LogP contribution < -0.4 is 5.32 Å². The monoisotopic (exact) mass is 453 g/mol. The number of sulfonamides is 1. The number of rotatable bonds is 11. The van der Waals surface area contributed by atoms with E-state index >= 15 is 0 Å². The van der Waals surface area contributed by atoms with Gasteiger partial charge in [0.25, 0.3) is 5.91 Å². The SMILES string of the molecule is CCOCCCNC(=O)C1CCN(S(=O)(=O)c2ccc(C(=O)N(CC)CC)cc2)CC1. The zero-order valence-corrected chi connectivity index (χ0v) is 19.6. The van der Waals surface area contributed by atoms with Crippen LogP contribution in [0.1, 0.15) is 50.4 Å². The van der Waals surface area contributed by atoms with Crippen LogP contribution in [0.5, 0.6) is 0 Å². The van der Waals surface area contributed by atoms with Crippen molar-refractivity contribution >= 4 is 21.8 Å². The first-order valence-electron chi connectivity index (χ1n) is 11.1. The van der Waals surface area contributed by atoms with Crippen molar-refractivity contribution in [2.24, 2.45) is 5.92 Å². The van der Waals surface area contributed by atoms with E-state index in [1.54, 1.807) is 17.0 Å². The summed E-state index contributed by atoms with van der Waals surface area (Å²) in [6, 6.07) is 6.11. The molecule has 8 nitrogen and oxygen atoms in total. The molecule has 1 aromatic carbocycles. The summed E-state index contributed by atoms with van der Waals surface area (Å²) >= 11 is 0. The number of hydrogen-bond donors (Lipinski definition) is 1. The Bertz CT molecular complexity index is 814. The molecule has 0 bridgehead atoms. The van der Waals surface area contributed by atoms with Gasteiger partial charge >= 0.3 is 0 Å². The Labute approximate surface area is 186 Å². The summed E-state index contributed by atoms with van der Waals surface area (Å²) in [5.41, 5.74) is 0.474. The topological polar surface area (TPSA) is 96.0 Å². The Kier molecular flexibility index (Phi) is 9.93. The molecule has 1 fully saturated rings. The van der Waals surface area contributed by atoms with E-state index in [9.17, 15) is 18.0 Å². The average Bonchev–Trinajstić information content (AvgIpc) is 2.79. The van der Waals surface area contributed by atoms with Crippen LogP contribution in [0.25, 0.3) is 0 Å². The highest BCUT2D eigenvalue weighted by Gasteiger charge is 2.32. The van der Waals surface area contributed by atoms with E-state index in [1.165, 1.54) is 16.4 Å². The fraction of sp³-hybridized carbons (Fsp3) is 0.636. The highest BCUT2D eigenvalue weighted by Crippen LogP contribution is 2.24. The highest BCUT2D eigenvalue weighted by atomic mass is 32.2. The minimum absolute atomic E-state index is 0.0205. The molecule has 174 valence electrons. The lowest BCUT2D eigenvalue weighted by atomic mass is 9.97. The number of piperidine rings is 1. The van der Waals surface area contributed by atoms with Crippen LogP contribution in [0.15, 0.2) is 29.2 Å². The molecule has 0 spiro atoms.